The lowest BCUT2D eigenvalue weighted by molar-refractivity contribution is 0.332. The van der Waals surface area contributed by atoms with Gasteiger partial charge in [0, 0.05) is 48.9 Å². The highest BCUT2D eigenvalue weighted by molar-refractivity contribution is 7.00. The normalized spacial score (nSPS) is 18.3. The van der Waals surface area contributed by atoms with Crippen LogP contribution in [0.5, 0.6) is 0 Å². The van der Waals surface area contributed by atoms with Gasteiger partial charge in [-0.25, -0.2) is 0 Å². The van der Waals surface area contributed by atoms with Gasteiger partial charge in [-0.1, -0.05) is 219 Å². The quantitative estimate of drug-likeness (QED) is 0.147. The highest BCUT2D eigenvalue weighted by atomic mass is 15.2. The Morgan fingerprint density at radius 1 is 0.397 bits per heavy atom. The first kappa shape index (κ1) is 48.5. The van der Waals surface area contributed by atoms with Crippen LogP contribution in [0.1, 0.15) is 189 Å². The Kier molecular flexibility index (Phi) is 11.0. The van der Waals surface area contributed by atoms with E-state index >= 15 is 0 Å². The molecule has 0 saturated heterocycles. The summed E-state index contributed by atoms with van der Waals surface area (Å²) < 4.78 is 28.2. The van der Waals surface area contributed by atoms with Crippen molar-refractivity contribution in [2.75, 3.05) is 9.80 Å². The van der Waals surface area contributed by atoms with Crippen LogP contribution in [0.25, 0.3) is 11.1 Å². The first-order chi connectivity index (χ1) is 37.9. The molecule has 396 valence electrons. The van der Waals surface area contributed by atoms with Crippen molar-refractivity contribution >= 4 is 57.2 Å². The lowest BCUT2D eigenvalue weighted by Gasteiger charge is -2.48. The zero-order chi connectivity index (χ0) is 57.8. The smallest absolute Gasteiger partial charge is 0.252 e. The SMILES string of the molecule is [2H]C([2H])([2H])c1cc2c3c(c1)N(c1ccc(C(C)(C)c4ccccc4)cc1-c1cccc(C(C)(C)C)c1)c1ccc(C(C)(C)c4ccccc4)cc1B3c1cc3c(cc1N2c1ccc2c(c1)C(C)(C)CCC2(C)C)C(C)(C)CCC3(C)C. The molecule has 0 amide bonds. The number of anilines is 6. The van der Waals surface area contributed by atoms with Gasteiger partial charge in [0.1, 0.15) is 0 Å². The van der Waals surface area contributed by atoms with Gasteiger partial charge >= 0.3 is 0 Å². The molecule has 8 aromatic carbocycles. The Morgan fingerprint density at radius 2 is 0.897 bits per heavy atom. The maximum atomic E-state index is 9.41. The predicted molar refractivity (Wildman–Crippen MR) is 337 cm³/mol. The molecule has 0 fully saturated rings. The van der Waals surface area contributed by atoms with Crippen LogP contribution < -0.4 is 26.2 Å². The van der Waals surface area contributed by atoms with Gasteiger partial charge in [-0.15, -0.1) is 0 Å². The summed E-state index contributed by atoms with van der Waals surface area (Å²) in [5.41, 5.74) is 23.1. The van der Waals surface area contributed by atoms with Gasteiger partial charge in [0.25, 0.3) is 6.71 Å². The molecule has 0 bridgehead atoms. The Morgan fingerprint density at radius 3 is 1.47 bits per heavy atom. The minimum atomic E-state index is -2.42. The maximum Gasteiger partial charge on any atom is 0.252 e. The lowest BCUT2D eigenvalue weighted by atomic mass is 9.33. The molecule has 78 heavy (non-hydrogen) atoms. The number of fused-ring (bicyclic) bond motifs is 6. The Bertz CT molecular complexity index is 3810. The largest absolute Gasteiger partial charge is 0.311 e. The van der Waals surface area contributed by atoms with Crippen molar-refractivity contribution in [3.8, 4) is 11.1 Å². The average molecular weight is 1030 g/mol. The highest BCUT2D eigenvalue weighted by Gasteiger charge is 2.48. The van der Waals surface area contributed by atoms with E-state index < -0.39 is 6.85 Å². The summed E-state index contributed by atoms with van der Waals surface area (Å²) in [6.07, 6.45) is 4.39. The van der Waals surface area contributed by atoms with Gasteiger partial charge in [-0.2, -0.15) is 0 Å². The lowest BCUT2D eigenvalue weighted by Crippen LogP contribution is -2.62. The summed E-state index contributed by atoms with van der Waals surface area (Å²) in [6.45, 7) is 33.0. The minimum absolute atomic E-state index is 0.0225. The van der Waals surface area contributed by atoms with Crippen molar-refractivity contribution < 1.29 is 4.11 Å². The van der Waals surface area contributed by atoms with Gasteiger partial charge in [0.15, 0.2) is 0 Å². The number of benzene rings is 8. The van der Waals surface area contributed by atoms with E-state index in [1.54, 1.807) is 0 Å². The molecule has 8 aromatic rings. The molecule has 0 unspecified atom stereocenters. The van der Waals surface area contributed by atoms with E-state index in [1.165, 1.54) is 61.0 Å². The van der Waals surface area contributed by atoms with Crippen LogP contribution in [0.3, 0.4) is 0 Å². The molecule has 0 radical (unpaired) electrons. The van der Waals surface area contributed by atoms with E-state index in [4.69, 9.17) is 0 Å². The third-order valence-electron chi connectivity index (χ3n) is 19.8. The minimum Gasteiger partial charge on any atom is -0.311 e. The molecule has 2 nitrogen and oxygen atoms in total. The summed E-state index contributed by atoms with van der Waals surface area (Å²) in [7, 11) is 0. The summed E-state index contributed by atoms with van der Waals surface area (Å²) in [6, 6.07) is 61.7. The fourth-order valence-electron chi connectivity index (χ4n) is 14.2. The molecule has 2 heterocycles. The highest BCUT2D eigenvalue weighted by Crippen LogP contribution is 2.54. The van der Waals surface area contributed by atoms with Crippen molar-refractivity contribution in [1.29, 1.82) is 0 Å². The molecule has 0 spiro atoms. The molecule has 0 saturated carbocycles. The van der Waals surface area contributed by atoms with Gasteiger partial charge in [0.2, 0.25) is 0 Å². The van der Waals surface area contributed by atoms with Gasteiger partial charge in [-0.05, 0) is 186 Å². The fraction of sp³-hybridized carbons (Fsp3) is 0.360. The van der Waals surface area contributed by atoms with Crippen LogP contribution in [0, 0.1) is 6.85 Å². The van der Waals surface area contributed by atoms with E-state index in [9.17, 15) is 4.11 Å². The molecule has 0 aromatic heterocycles. The Labute approximate surface area is 473 Å². The molecular formula is C75H83BN2. The van der Waals surface area contributed by atoms with Crippen LogP contribution in [0.15, 0.2) is 164 Å². The molecule has 2 aliphatic heterocycles. The van der Waals surface area contributed by atoms with Crippen LogP contribution >= 0.6 is 0 Å². The first-order valence-electron chi connectivity index (χ1n) is 30.5. The topological polar surface area (TPSA) is 6.48 Å². The van der Waals surface area contributed by atoms with Crippen LogP contribution in [0.2, 0.25) is 0 Å². The fourth-order valence-corrected chi connectivity index (χ4v) is 14.2. The van der Waals surface area contributed by atoms with Crippen molar-refractivity contribution in [1.82, 2.24) is 0 Å². The molecule has 0 atom stereocenters. The maximum absolute atomic E-state index is 9.41. The number of rotatable bonds is 7. The monoisotopic (exact) mass is 1030 g/mol. The van der Waals surface area contributed by atoms with Crippen molar-refractivity contribution in [2.45, 2.75) is 174 Å². The first-order valence-corrected chi connectivity index (χ1v) is 29.0. The summed E-state index contributed by atoms with van der Waals surface area (Å²) in [5.74, 6) is 0. The van der Waals surface area contributed by atoms with Crippen LogP contribution in [-0.2, 0) is 37.9 Å². The molecule has 4 aliphatic rings. The number of hydrogen-bond acceptors (Lipinski definition) is 2. The van der Waals surface area contributed by atoms with E-state index in [-0.39, 0.29) is 44.6 Å². The molecule has 2 aliphatic carbocycles. The molecule has 3 heteroatoms. The number of nitrogens with zero attached hydrogens (tertiary/aromatic N) is 2. The number of aryl methyl sites for hydroxylation is 1. The van der Waals surface area contributed by atoms with E-state index in [0.717, 1.165) is 76.4 Å². The van der Waals surface area contributed by atoms with E-state index in [0.29, 0.717) is 5.56 Å². The van der Waals surface area contributed by atoms with Crippen molar-refractivity contribution in [3.05, 3.63) is 219 Å². The average Bonchev–Trinajstić information content (AvgIpc) is 3.49. The third-order valence-corrected chi connectivity index (χ3v) is 19.8. The van der Waals surface area contributed by atoms with Crippen LogP contribution in [0.4, 0.5) is 34.1 Å². The zero-order valence-electron chi connectivity index (χ0n) is 52.4. The van der Waals surface area contributed by atoms with Crippen molar-refractivity contribution in [2.24, 2.45) is 0 Å². The Hall–Kier alpha value is -6.58. The predicted octanol–water partition coefficient (Wildman–Crippen LogP) is 18.4. The Balaban J connectivity index is 1.23. The third kappa shape index (κ3) is 8.26. The van der Waals surface area contributed by atoms with Crippen LogP contribution in [-0.4, -0.2) is 6.71 Å². The van der Waals surface area contributed by atoms with E-state index in [1.807, 2.05) is 12.1 Å². The number of hydrogen-bond donors (Lipinski definition) is 0. The second-order valence-electron chi connectivity index (χ2n) is 28.6. The molecular weight excluding hydrogens is 940 g/mol. The second kappa shape index (κ2) is 17.7. The van der Waals surface area contributed by atoms with Crippen molar-refractivity contribution in [3.63, 3.8) is 0 Å². The van der Waals surface area contributed by atoms with Gasteiger partial charge in [0.05, 0.1) is 5.69 Å². The molecule has 0 N–H and O–H groups in total. The second-order valence-corrected chi connectivity index (χ2v) is 28.6. The summed E-state index contributed by atoms with van der Waals surface area (Å²) in [4.78, 5) is 4.96. The summed E-state index contributed by atoms with van der Waals surface area (Å²) >= 11 is 0. The van der Waals surface area contributed by atoms with Gasteiger partial charge < -0.3 is 9.80 Å². The molecule has 12 rings (SSSR count). The standard InChI is InChI=1S/C75H83BN2/c1-48-40-66-68-67(41-48)78(63-34-30-53(74(13,14)50-25-19-17-20-26-50)43-56(63)49-24-23-29-52(42-49)69(2,3)4)64-35-31-54(75(15,16)51-27-21-18-22-28-51)44-61(64)76(68)62-46-59-60(73(11,12)39-38-72(59,9)10)47-65(62)77(66)55-32-33-57-58(45-55)71(7,8)37-36-70(57,5)6/h17-35,40-47H,36-39H2,1-16H3/i1D3. The van der Waals surface area contributed by atoms with Gasteiger partial charge in [-0.3, -0.25) is 0 Å². The zero-order valence-corrected chi connectivity index (χ0v) is 49.4. The summed E-state index contributed by atoms with van der Waals surface area (Å²) in [5, 5.41) is 0. The van der Waals surface area contributed by atoms with E-state index in [2.05, 4.69) is 265 Å².